The number of benzene rings is 5. The summed E-state index contributed by atoms with van der Waals surface area (Å²) in [6, 6.07) is 38.6. The van der Waals surface area contributed by atoms with Crippen LogP contribution in [0.25, 0.3) is 0 Å². The summed E-state index contributed by atoms with van der Waals surface area (Å²) in [5, 5.41) is 0. The van der Waals surface area contributed by atoms with Crippen LogP contribution in [0, 0.1) is 5.82 Å². The van der Waals surface area contributed by atoms with E-state index in [0.717, 1.165) is 55.2 Å². The molecule has 0 aliphatic heterocycles. The standard InChI is InChI=1S/C44H43FO5/c1-31(46)27-32-15-17-33(18-16-32)30-47-50-44(38-13-3-2-4-14-38,39-21-23-40(45)24-22-39)43(48-41-25-19-34-9-5-7-11-36(34)28-41)49-42-26-20-35-10-6-8-12-37(35)29-42/h2-5,7,9,11,13-18,20-24,26,29,41,43H,6,8,10,12,19,25,27-28,30H2,1H3/t41?,43?,44-/m1/s1. The van der Waals surface area contributed by atoms with Crippen molar-refractivity contribution in [1.82, 2.24) is 0 Å². The molecule has 5 aromatic rings. The quantitative estimate of drug-likeness (QED) is 0.0711. The number of Topliss-reactive ketones (excluding diaryl/α,β-unsaturated/α-hetero) is 1. The Morgan fingerprint density at radius 1 is 0.740 bits per heavy atom. The monoisotopic (exact) mass is 670 g/mol. The number of rotatable bonds is 13. The van der Waals surface area contributed by atoms with Crippen molar-refractivity contribution < 1.29 is 28.4 Å². The molecule has 0 fully saturated rings. The first-order chi connectivity index (χ1) is 24.5. The lowest BCUT2D eigenvalue weighted by atomic mass is 9.84. The van der Waals surface area contributed by atoms with Crippen molar-refractivity contribution in [3.8, 4) is 5.75 Å². The molecule has 6 heteroatoms. The van der Waals surface area contributed by atoms with Gasteiger partial charge in [0.2, 0.25) is 11.9 Å². The lowest BCUT2D eigenvalue weighted by molar-refractivity contribution is -0.402. The van der Waals surface area contributed by atoms with Gasteiger partial charge in [0.1, 0.15) is 24.0 Å². The molecule has 2 aliphatic rings. The summed E-state index contributed by atoms with van der Waals surface area (Å²) in [6.07, 6.45) is 6.01. The normalized spacial score (nSPS) is 17.2. The Morgan fingerprint density at radius 3 is 2.16 bits per heavy atom. The number of ketones is 1. The number of aryl methyl sites for hydroxylation is 3. The fourth-order valence-electron chi connectivity index (χ4n) is 7.26. The first-order valence-electron chi connectivity index (χ1n) is 17.7. The van der Waals surface area contributed by atoms with Crippen molar-refractivity contribution in [3.63, 3.8) is 0 Å². The maximum Gasteiger partial charge on any atom is 0.241 e. The van der Waals surface area contributed by atoms with Gasteiger partial charge in [-0.1, -0.05) is 97.1 Å². The number of halogens is 1. The maximum absolute atomic E-state index is 14.5. The van der Waals surface area contributed by atoms with Crippen LogP contribution in [-0.2, 0) is 63.6 Å². The fraction of sp³-hybridized carbons (Fsp3) is 0.295. The number of fused-ring (bicyclic) bond motifs is 2. The topological polar surface area (TPSA) is 54.0 Å². The smallest absolute Gasteiger partial charge is 0.241 e. The van der Waals surface area contributed by atoms with Crippen LogP contribution < -0.4 is 4.74 Å². The van der Waals surface area contributed by atoms with E-state index in [4.69, 9.17) is 19.2 Å². The second-order valence-electron chi connectivity index (χ2n) is 13.5. The Hall–Kier alpha value is -4.62. The molecule has 5 aromatic carbocycles. The largest absolute Gasteiger partial charge is 0.461 e. The summed E-state index contributed by atoms with van der Waals surface area (Å²) >= 11 is 0. The minimum absolute atomic E-state index is 0.107. The molecule has 0 bridgehead atoms. The van der Waals surface area contributed by atoms with Crippen LogP contribution in [0.4, 0.5) is 4.39 Å². The molecule has 2 aliphatic carbocycles. The highest BCUT2D eigenvalue weighted by atomic mass is 19.1. The molecule has 7 rings (SSSR count). The highest BCUT2D eigenvalue weighted by Gasteiger charge is 2.49. The minimum Gasteiger partial charge on any atom is -0.461 e. The zero-order valence-corrected chi connectivity index (χ0v) is 28.5. The first-order valence-corrected chi connectivity index (χ1v) is 17.7. The Kier molecular flexibility index (Phi) is 10.5. The predicted molar refractivity (Wildman–Crippen MR) is 191 cm³/mol. The summed E-state index contributed by atoms with van der Waals surface area (Å²) in [5.74, 6) is 0.425. The van der Waals surface area contributed by atoms with Gasteiger partial charge in [-0.05, 0) is 121 Å². The van der Waals surface area contributed by atoms with E-state index in [9.17, 15) is 9.18 Å². The Labute approximate surface area is 293 Å². The van der Waals surface area contributed by atoms with Crippen molar-refractivity contribution in [1.29, 1.82) is 0 Å². The molecule has 0 aromatic heterocycles. The third-order valence-corrected chi connectivity index (χ3v) is 9.88. The van der Waals surface area contributed by atoms with Crippen molar-refractivity contribution >= 4 is 5.78 Å². The maximum atomic E-state index is 14.5. The van der Waals surface area contributed by atoms with Gasteiger partial charge >= 0.3 is 0 Å². The Bertz CT molecular complexity index is 1890. The molecule has 0 N–H and O–H groups in total. The molecule has 0 saturated carbocycles. The highest BCUT2D eigenvalue weighted by molar-refractivity contribution is 5.78. The molecule has 5 nitrogen and oxygen atoms in total. The number of hydrogen-bond acceptors (Lipinski definition) is 5. The second kappa shape index (κ2) is 15.5. The molecule has 50 heavy (non-hydrogen) atoms. The summed E-state index contributed by atoms with van der Waals surface area (Å²) < 4.78 is 28.6. The van der Waals surface area contributed by atoms with Crippen LogP contribution in [-0.4, -0.2) is 18.2 Å². The van der Waals surface area contributed by atoms with Gasteiger partial charge in [-0.15, -0.1) is 0 Å². The molecule has 0 saturated heterocycles. The zero-order chi connectivity index (χ0) is 34.3. The number of carbonyl (C=O) groups excluding carboxylic acids is 1. The van der Waals surface area contributed by atoms with E-state index in [2.05, 4.69) is 36.4 Å². The second-order valence-corrected chi connectivity index (χ2v) is 13.5. The molecule has 0 spiro atoms. The van der Waals surface area contributed by atoms with Gasteiger partial charge in [-0.25, -0.2) is 14.2 Å². The third-order valence-electron chi connectivity index (χ3n) is 9.88. The molecule has 2 unspecified atom stereocenters. The van der Waals surface area contributed by atoms with Crippen LogP contribution in [0.3, 0.4) is 0 Å². The van der Waals surface area contributed by atoms with Crippen LogP contribution >= 0.6 is 0 Å². The Balaban J connectivity index is 1.29. The molecular formula is C44H43FO5. The molecule has 3 atom stereocenters. The lowest BCUT2D eigenvalue weighted by Gasteiger charge is -2.41. The van der Waals surface area contributed by atoms with Gasteiger partial charge in [-0.3, -0.25) is 4.79 Å². The van der Waals surface area contributed by atoms with Gasteiger partial charge in [0.25, 0.3) is 0 Å². The van der Waals surface area contributed by atoms with Crippen LogP contribution in [0.5, 0.6) is 5.75 Å². The number of carbonyl (C=O) groups is 1. The van der Waals surface area contributed by atoms with Gasteiger partial charge < -0.3 is 9.47 Å². The summed E-state index contributed by atoms with van der Waals surface area (Å²) in [7, 11) is 0. The van der Waals surface area contributed by atoms with Crippen LogP contribution in [0.1, 0.15) is 70.7 Å². The van der Waals surface area contributed by atoms with Crippen molar-refractivity contribution in [2.45, 2.75) is 82.9 Å². The van der Waals surface area contributed by atoms with Crippen molar-refractivity contribution in [3.05, 3.63) is 172 Å². The number of ether oxygens (including phenoxy) is 2. The molecule has 0 amide bonds. The van der Waals surface area contributed by atoms with E-state index >= 15 is 0 Å². The van der Waals surface area contributed by atoms with Crippen molar-refractivity contribution in [2.75, 3.05) is 0 Å². The van der Waals surface area contributed by atoms with E-state index in [1.807, 2.05) is 60.7 Å². The van der Waals surface area contributed by atoms with Gasteiger partial charge in [0.15, 0.2) is 0 Å². The molecule has 0 radical (unpaired) electrons. The molecule has 0 heterocycles. The van der Waals surface area contributed by atoms with E-state index in [0.29, 0.717) is 17.7 Å². The van der Waals surface area contributed by atoms with E-state index < -0.39 is 11.9 Å². The third kappa shape index (κ3) is 7.73. The Morgan fingerprint density at radius 2 is 1.40 bits per heavy atom. The van der Waals surface area contributed by atoms with Crippen molar-refractivity contribution in [2.24, 2.45) is 0 Å². The molecular weight excluding hydrogens is 627 g/mol. The van der Waals surface area contributed by atoms with Crippen LogP contribution in [0.15, 0.2) is 121 Å². The predicted octanol–water partition coefficient (Wildman–Crippen LogP) is 9.21. The molecule has 256 valence electrons. The summed E-state index contributed by atoms with van der Waals surface area (Å²) in [5.41, 5.74) is 6.95. The van der Waals surface area contributed by atoms with Gasteiger partial charge in [-0.2, -0.15) is 0 Å². The van der Waals surface area contributed by atoms with Crippen LogP contribution in [0.2, 0.25) is 0 Å². The first kappa shape index (κ1) is 33.9. The summed E-state index contributed by atoms with van der Waals surface area (Å²) in [6.45, 7) is 1.71. The van der Waals surface area contributed by atoms with Gasteiger partial charge in [0, 0.05) is 6.42 Å². The average Bonchev–Trinajstić information content (AvgIpc) is 3.14. The fourth-order valence-corrected chi connectivity index (χ4v) is 7.26. The van der Waals surface area contributed by atoms with E-state index in [1.165, 1.54) is 40.8 Å². The SMILES string of the molecule is CC(=O)Cc1ccc(COO[C@](c2ccccc2)(c2ccc(F)cc2)C(Oc2ccc3c(c2)CCCC3)OC2CCc3ccccc3C2)cc1. The lowest BCUT2D eigenvalue weighted by Crippen LogP contribution is -2.50. The van der Waals surface area contributed by atoms with Gasteiger partial charge in [0.05, 0.1) is 6.10 Å². The minimum atomic E-state index is -1.46. The van der Waals surface area contributed by atoms with E-state index in [-0.39, 0.29) is 24.3 Å². The zero-order valence-electron chi connectivity index (χ0n) is 28.5. The average molecular weight is 671 g/mol. The summed E-state index contributed by atoms with van der Waals surface area (Å²) in [4.78, 5) is 24.5. The van der Waals surface area contributed by atoms with E-state index in [1.54, 1.807) is 19.1 Å². The highest BCUT2D eigenvalue weighted by Crippen LogP contribution is 2.42. The number of hydrogen-bond donors (Lipinski definition) is 0.